The molecule has 0 amide bonds. The molecule has 0 saturated carbocycles. The van der Waals surface area contributed by atoms with Gasteiger partial charge in [0.15, 0.2) is 0 Å². The van der Waals surface area contributed by atoms with Crippen LogP contribution in [0.1, 0.15) is 254 Å². The van der Waals surface area contributed by atoms with Crippen molar-refractivity contribution in [2.75, 3.05) is 4.90 Å². The van der Waals surface area contributed by atoms with Crippen molar-refractivity contribution in [3.8, 4) is 55.6 Å². The minimum Gasteiger partial charge on any atom is -0.456 e. The zero-order valence-corrected chi connectivity index (χ0v) is 60.6. The summed E-state index contributed by atoms with van der Waals surface area (Å²) in [6, 6.07) is 73.2. The minimum absolute atomic E-state index is 0.153. The molecule has 3 heteroatoms. The lowest BCUT2D eigenvalue weighted by atomic mass is 9.62. The van der Waals surface area contributed by atoms with E-state index >= 15 is 0 Å². The van der Waals surface area contributed by atoms with Gasteiger partial charge in [0.05, 0.1) is 0 Å². The first-order chi connectivity index (χ1) is 48.5. The number of rotatable bonds is 28. The lowest BCUT2D eigenvalue weighted by Gasteiger charge is -2.40. The van der Waals surface area contributed by atoms with Gasteiger partial charge < -0.3 is 13.7 Å². The fourth-order valence-corrected chi connectivity index (χ4v) is 19.8. The van der Waals surface area contributed by atoms with Gasteiger partial charge in [-0.1, -0.05) is 305 Å². The molecule has 10 aromatic carbocycles. The average molecular weight is 1300 g/mol. The van der Waals surface area contributed by atoms with Gasteiger partial charge in [-0.25, -0.2) is 0 Å². The number of para-hydroxylation sites is 2. The van der Waals surface area contributed by atoms with Gasteiger partial charge in [-0.3, -0.25) is 0 Å². The third kappa shape index (κ3) is 10.7. The molecular formula is C96H103NO2. The number of nitrogens with zero attached hydrogens (tertiary/aromatic N) is 1. The van der Waals surface area contributed by atoms with Crippen LogP contribution in [0, 0.1) is 0 Å². The second kappa shape index (κ2) is 26.6. The summed E-state index contributed by atoms with van der Waals surface area (Å²) in [4.78, 5) is 2.66. The van der Waals surface area contributed by atoms with Crippen molar-refractivity contribution in [2.45, 2.75) is 231 Å². The zero-order chi connectivity index (χ0) is 67.6. The third-order valence-corrected chi connectivity index (χ3v) is 24.8. The van der Waals surface area contributed by atoms with Crippen LogP contribution in [-0.2, 0) is 21.7 Å². The number of fused-ring (bicyclic) bond motifs is 22. The van der Waals surface area contributed by atoms with Crippen molar-refractivity contribution in [3.63, 3.8) is 0 Å². The van der Waals surface area contributed by atoms with Gasteiger partial charge >= 0.3 is 0 Å². The maximum Gasteiger partial charge on any atom is 0.144 e. The molecule has 0 N–H and O–H groups in total. The molecule has 0 spiro atoms. The van der Waals surface area contributed by atoms with Crippen molar-refractivity contribution in [3.05, 3.63) is 233 Å². The van der Waals surface area contributed by atoms with Crippen LogP contribution in [0.5, 0.6) is 0 Å². The molecule has 0 fully saturated rings. The largest absolute Gasteiger partial charge is 0.456 e. The van der Waals surface area contributed by atoms with E-state index in [1.165, 1.54) is 263 Å². The van der Waals surface area contributed by atoms with Crippen molar-refractivity contribution in [1.29, 1.82) is 0 Å². The summed E-state index contributed by atoms with van der Waals surface area (Å²) < 4.78 is 14.2. The van der Waals surface area contributed by atoms with E-state index in [4.69, 9.17) is 8.83 Å². The molecular weight excluding hydrogens is 1200 g/mol. The number of furan rings is 2. The van der Waals surface area contributed by atoms with E-state index in [1.807, 2.05) is 0 Å². The fraction of sp³-hybridized carbons (Fsp3) is 0.375. The second-order valence-corrected chi connectivity index (χ2v) is 31.5. The van der Waals surface area contributed by atoms with Crippen LogP contribution in [0.15, 0.2) is 197 Å². The summed E-state index contributed by atoms with van der Waals surface area (Å²) in [6.07, 6.45) is 29.8. The Labute approximate surface area is 590 Å². The molecule has 0 saturated heterocycles. The Hall–Kier alpha value is -8.40. The van der Waals surface area contributed by atoms with Crippen molar-refractivity contribution >= 4 is 60.9 Å². The molecule has 99 heavy (non-hydrogen) atoms. The minimum atomic E-state index is -0.300. The maximum absolute atomic E-state index is 7.59. The number of hydrogen-bond acceptors (Lipinski definition) is 3. The Morgan fingerprint density at radius 1 is 0.293 bits per heavy atom. The molecule has 0 bridgehead atoms. The summed E-state index contributed by atoms with van der Waals surface area (Å²) >= 11 is 0. The summed E-state index contributed by atoms with van der Waals surface area (Å²) in [6.45, 7) is 19.3. The smallest absolute Gasteiger partial charge is 0.144 e. The number of anilines is 3. The molecule has 0 atom stereocenters. The van der Waals surface area contributed by atoms with E-state index in [-0.39, 0.29) is 21.7 Å². The van der Waals surface area contributed by atoms with Crippen LogP contribution in [0.2, 0.25) is 0 Å². The molecule has 3 nitrogen and oxygen atoms in total. The molecule has 504 valence electrons. The summed E-state index contributed by atoms with van der Waals surface area (Å²) in [5, 5.41) is 5.01. The zero-order valence-electron chi connectivity index (χ0n) is 60.6. The van der Waals surface area contributed by atoms with E-state index in [9.17, 15) is 0 Å². The number of benzene rings is 10. The lowest BCUT2D eigenvalue weighted by molar-refractivity contribution is 0.369. The van der Waals surface area contributed by atoms with Gasteiger partial charge in [0, 0.05) is 65.8 Å². The first-order valence-corrected chi connectivity index (χ1v) is 39.0. The molecule has 2 aromatic heterocycles. The lowest BCUT2D eigenvalue weighted by Crippen LogP contribution is -2.33. The van der Waals surface area contributed by atoms with Crippen LogP contribution in [0.25, 0.3) is 99.5 Å². The third-order valence-electron chi connectivity index (χ3n) is 24.8. The van der Waals surface area contributed by atoms with Crippen LogP contribution >= 0.6 is 0 Å². The fourth-order valence-electron chi connectivity index (χ4n) is 19.8. The van der Waals surface area contributed by atoms with E-state index in [2.05, 4.69) is 248 Å². The molecule has 0 aliphatic heterocycles. The van der Waals surface area contributed by atoms with E-state index in [0.717, 1.165) is 35.2 Å². The monoisotopic (exact) mass is 1300 g/mol. The first-order valence-electron chi connectivity index (χ1n) is 39.0. The van der Waals surface area contributed by atoms with Gasteiger partial charge in [-0.15, -0.1) is 0 Å². The SMILES string of the molecule is CCCCCCCC1(CCCCCCC)c2ccccc2-c2c1c1c(c3c2oc2ccccc23)-c2ccc(N(c3cccc(-c4ccccc4)c3)c3ccc4c(c3)C(C)(C)c3cc5c(cc3-4)C(C)(C)c3ccc4oc6ccccc6c4c3-5)cc2C1(CCCCCCC)CCCCCCC. The highest BCUT2D eigenvalue weighted by atomic mass is 16.3. The van der Waals surface area contributed by atoms with Gasteiger partial charge in [-0.2, -0.15) is 0 Å². The van der Waals surface area contributed by atoms with Crippen molar-refractivity contribution in [1.82, 2.24) is 0 Å². The predicted octanol–water partition coefficient (Wildman–Crippen LogP) is 29.2. The topological polar surface area (TPSA) is 29.5 Å². The summed E-state index contributed by atoms with van der Waals surface area (Å²) in [5.41, 5.74) is 32.2. The molecule has 0 radical (unpaired) electrons. The van der Waals surface area contributed by atoms with E-state index in [1.54, 1.807) is 16.7 Å². The van der Waals surface area contributed by atoms with Crippen LogP contribution in [-0.4, -0.2) is 0 Å². The molecule has 4 aliphatic rings. The number of hydrogen-bond donors (Lipinski definition) is 0. The Balaban J connectivity index is 0.930. The Morgan fingerprint density at radius 2 is 0.768 bits per heavy atom. The summed E-state index contributed by atoms with van der Waals surface area (Å²) in [7, 11) is 0. The van der Waals surface area contributed by atoms with Gasteiger partial charge in [0.2, 0.25) is 0 Å². The highest BCUT2D eigenvalue weighted by Gasteiger charge is 2.54. The van der Waals surface area contributed by atoms with Crippen LogP contribution < -0.4 is 4.90 Å². The second-order valence-electron chi connectivity index (χ2n) is 31.5. The van der Waals surface area contributed by atoms with Gasteiger partial charge in [0.25, 0.3) is 0 Å². The van der Waals surface area contributed by atoms with Crippen LogP contribution in [0.4, 0.5) is 17.1 Å². The normalized spacial score (nSPS) is 15.2. The molecule has 0 unspecified atom stereocenters. The van der Waals surface area contributed by atoms with Crippen molar-refractivity contribution < 1.29 is 8.83 Å². The molecule has 16 rings (SSSR count). The van der Waals surface area contributed by atoms with E-state index in [0.29, 0.717) is 0 Å². The molecule has 2 heterocycles. The average Bonchev–Trinajstić information content (AvgIpc) is 1.50. The Kier molecular flexibility index (Phi) is 17.5. The van der Waals surface area contributed by atoms with Gasteiger partial charge in [0.1, 0.15) is 22.3 Å². The predicted molar refractivity (Wildman–Crippen MR) is 422 cm³/mol. The van der Waals surface area contributed by atoms with Gasteiger partial charge in [-0.05, 0) is 187 Å². The van der Waals surface area contributed by atoms with Crippen molar-refractivity contribution in [2.24, 2.45) is 0 Å². The maximum atomic E-state index is 7.59. The quantitative estimate of drug-likeness (QED) is 0.0458. The highest BCUT2D eigenvalue weighted by Crippen LogP contribution is 2.68. The Morgan fingerprint density at radius 3 is 1.41 bits per heavy atom. The Bertz CT molecular complexity index is 4970. The number of unbranched alkanes of at least 4 members (excludes halogenated alkanes) is 16. The van der Waals surface area contributed by atoms with Crippen LogP contribution in [0.3, 0.4) is 0 Å². The summed E-state index contributed by atoms with van der Waals surface area (Å²) in [5.74, 6) is 0. The first kappa shape index (κ1) is 65.2. The molecule has 4 aliphatic carbocycles. The highest BCUT2D eigenvalue weighted by molar-refractivity contribution is 6.21. The van der Waals surface area contributed by atoms with E-state index < -0.39 is 0 Å². The standard InChI is InChI=1S/C96H103NO2/c1-9-13-17-21-34-55-95(56-35-22-18-14-10-2)76-46-31-28-43-70(76)89-91(95)90-87(88-73-45-30-33-48-83(73)99-92(88)89)71-52-50-68(61-81(71)96(90,57-36-23-19-15-11-3)58-37-24-20-16-12-4)97(66-42-38-41-65(59-66)64-39-26-25-27-40-64)67-49-51-69-74-62-80-75(63-79(74)94(7,8)78(69)60-67)85-77(93(80,5)6)53-54-84-86(85)72-44-29-32-47-82(72)98-84/h25-33,38-54,59-63H,9-24,34-37,55-58H2,1-8H3. The molecule has 12 aromatic rings.